The zero-order chi connectivity index (χ0) is 14.4. The predicted octanol–water partition coefficient (Wildman–Crippen LogP) is 0.885. The predicted molar refractivity (Wildman–Crippen MR) is 80.0 cm³/mol. The molecule has 112 valence electrons. The molecular weight excluding hydrogens is 274 g/mol. The van der Waals surface area contributed by atoms with Gasteiger partial charge in [-0.15, -0.1) is 0 Å². The van der Waals surface area contributed by atoms with Crippen LogP contribution in [0.3, 0.4) is 0 Å². The minimum absolute atomic E-state index is 0.279. The number of hydrogen-bond donors (Lipinski definition) is 1. The molecule has 0 atom stereocenters. The maximum absolute atomic E-state index is 12.3. The van der Waals surface area contributed by atoms with E-state index in [0.717, 1.165) is 37.9 Å². The Kier molecular flexibility index (Phi) is 5.51. The highest BCUT2D eigenvalue weighted by Gasteiger charge is 2.24. The van der Waals surface area contributed by atoms with Gasteiger partial charge in [0, 0.05) is 26.0 Å². The van der Waals surface area contributed by atoms with E-state index in [2.05, 4.69) is 10.3 Å². The van der Waals surface area contributed by atoms with Gasteiger partial charge in [-0.1, -0.05) is 0 Å². The zero-order valence-corrected chi connectivity index (χ0v) is 12.8. The molecule has 1 aromatic heterocycles. The smallest absolute Gasteiger partial charge is 0.214 e. The fourth-order valence-corrected chi connectivity index (χ4v) is 4.00. The van der Waals surface area contributed by atoms with E-state index in [1.807, 2.05) is 12.1 Å². The van der Waals surface area contributed by atoms with E-state index in [9.17, 15) is 8.42 Å². The maximum atomic E-state index is 12.3. The summed E-state index contributed by atoms with van der Waals surface area (Å²) >= 11 is 0. The van der Waals surface area contributed by atoms with Crippen LogP contribution in [0.4, 0.5) is 0 Å². The molecule has 0 aromatic carbocycles. The lowest BCUT2D eigenvalue weighted by Gasteiger charge is -2.25. The van der Waals surface area contributed by atoms with Gasteiger partial charge in [0.15, 0.2) is 0 Å². The second kappa shape index (κ2) is 7.15. The molecule has 1 aromatic rings. The van der Waals surface area contributed by atoms with Crippen LogP contribution < -0.4 is 5.32 Å². The fraction of sp³-hybridized carbons (Fsp3) is 0.643. The Morgan fingerprint density at radius 2 is 1.95 bits per heavy atom. The van der Waals surface area contributed by atoms with Crippen molar-refractivity contribution in [2.45, 2.75) is 19.3 Å². The Bertz CT molecular complexity index is 498. The lowest BCUT2D eigenvalue weighted by molar-refractivity contribution is 0.389. The van der Waals surface area contributed by atoms with E-state index in [4.69, 9.17) is 0 Å². The molecule has 0 bridgehead atoms. The molecule has 1 aliphatic heterocycles. The molecule has 6 heteroatoms. The molecule has 20 heavy (non-hydrogen) atoms. The highest BCUT2D eigenvalue weighted by atomic mass is 32.2. The summed E-state index contributed by atoms with van der Waals surface area (Å²) in [6.07, 6.45) is 6.11. The average molecular weight is 297 g/mol. The molecule has 1 N–H and O–H groups in total. The van der Waals surface area contributed by atoms with E-state index >= 15 is 0 Å². The van der Waals surface area contributed by atoms with Crippen molar-refractivity contribution in [3.8, 4) is 0 Å². The number of piperidine rings is 1. The normalized spacial score (nSPS) is 17.5. The number of aromatic nitrogens is 1. The topological polar surface area (TPSA) is 62.3 Å². The Morgan fingerprint density at radius 3 is 2.60 bits per heavy atom. The van der Waals surface area contributed by atoms with Gasteiger partial charge in [0.25, 0.3) is 0 Å². The van der Waals surface area contributed by atoms with Crippen molar-refractivity contribution in [1.82, 2.24) is 14.6 Å². The first kappa shape index (κ1) is 15.4. The molecule has 1 aliphatic rings. The summed E-state index contributed by atoms with van der Waals surface area (Å²) in [5.41, 5.74) is 1.11. The largest absolute Gasteiger partial charge is 0.317 e. The number of hydrogen-bond acceptors (Lipinski definition) is 4. The molecule has 0 amide bonds. The summed E-state index contributed by atoms with van der Waals surface area (Å²) in [6.45, 7) is 2.39. The Hall–Kier alpha value is -0.980. The molecule has 1 fully saturated rings. The van der Waals surface area contributed by atoms with E-state index in [1.54, 1.807) is 19.4 Å². The monoisotopic (exact) mass is 297 g/mol. The van der Waals surface area contributed by atoms with E-state index in [1.165, 1.54) is 4.31 Å². The first-order chi connectivity index (χ1) is 9.58. The average Bonchev–Trinajstić information content (AvgIpc) is 2.46. The number of sulfonamides is 1. The number of rotatable bonds is 6. The highest BCUT2D eigenvalue weighted by molar-refractivity contribution is 7.89. The van der Waals surface area contributed by atoms with Crippen LogP contribution in [0, 0.1) is 5.92 Å². The van der Waals surface area contributed by atoms with Crippen molar-refractivity contribution in [1.29, 1.82) is 0 Å². The Balaban J connectivity index is 1.85. The van der Waals surface area contributed by atoms with Crippen molar-refractivity contribution in [3.63, 3.8) is 0 Å². The number of nitrogens with one attached hydrogen (secondary N) is 1. The quantitative estimate of drug-likeness (QED) is 0.847. The summed E-state index contributed by atoms with van der Waals surface area (Å²) < 4.78 is 26.1. The summed E-state index contributed by atoms with van der Waals surface area (Å²) in [4.78, 5) is 3.96. The number of nitrogens with zero attached hydrogens (tertiary/aromatic N) is 2. The van der Waals surface area contributed by atoms with Gasteiger partial charge >= 0.3 is 0 Å². The van der Waals surface area contributed by atoms with Crippen molar-refractivity contribution >= 4 is 10.0 Å². The maximum Gasteiger partial charge on any atom is 0.214 e. The van der Waals surface area contributed by atoms with Crippen LogP contribution in [0.1, 0.15) is 18.4 Å². The zero-order valence-electron chi connectivity index (χ0n) is 12.0. The molecule has 1 saturated heterocycles. The number of likely N-dealkylation sites (N-methyl/N-ethyl adjacent to an activating group) is 1. The van der Waals surface area contributed by atoms with E-state index in [-0.39, 0.29) is 5.75 Å². The van der Waals surface area contributed by atoms with Gasteiger partial charge in [0.05, 0.1) is 5.75 Å². The second-order valence-corrected chi connectivity index (χ2v) is 7.52. The first-order valence-corrected chi connectivity index (χ1v) is 8.72. The first-order valence-electron chi connectivity index (χ1n) is 7.11. The fourth-order valence-electron chi connectivity index (χ4n) is 2.45. The van der Waals surface area contributed by atoms with Gasteiger partial charge in [0.1, 0.15) is 0 Å². The summed E-state index contributed by atoms with van der Waals surface area (Å²) in [7, 11) is -1.46. The van der Waals surface area contributed by atoms with Gasteiger partial charge < -0.3 is 5.32 Å². The molecule has 0 aliphatic carbocycles. The van der Waals surface area contributed by atoms with Crippen molar-refractivity contribution in [2.24, 2.45) is 5.92 Å². The molecule has 0 unspecified atom stereocenters. The third-order valence-corrected chi connectivity index (χ3v) is 5.87. The van der Waals surface area contributed by atoms with Crippen LogP contribution >= 0.6 is 0 Å². The molecule has 2 heterocycles. The SMILES string of the molecule is CN(CCc1ccncc1)S(=O)(=O)CC1CCNCC1. The van der Waals surface area contributed by atoms with E-state index < -0.39 is 10.0 Å². The van der Waals surface area contributed by atoms with Gasteiger partial charge in [-0.2, -0.15) is 0 Å². The number of pyridine rings is 1. The third-order valence-electron chi connectivity index (χ3n) is 3.84. The summed E-state index contributed by atoms with van der Waals surface area (Å²) in [6, 6.07) is 3.85. The standard InChI is InChI=1S/C14H23N3O2S/c1-17(11-6-13-2-7-15-8-3-13)20(18,19)12-14-4-9-16-10-5-14/h2-3,7-8,14,16H,4-6,9-12H2,1H3. The molecular formula is C14H23N3O2S. The Labute approximate surface area is 121 Å². The summed E-state index contributed by atoms with van der Waals surface area (Å²) in [5.74, 6) is 0.575. The van der Waals surface area contributed by atoms with Crippen LogP contribution in [-0.2, 0) is 16.4 Å². The minimum atomic E-state index is -3.14. The lowest BCUT2D eigenvalue weighted by Crippen LogP contribution is -2.37. The lowest BCUT2D eigenvalue weighted by atomic mass is 10.0. The highest BCUT2D eigenvalue weighted by Crippen LogP contribution is 2.16. The van der Waals surface area contributed by atoms with Gasteiger partial charge in [-0.25, -0.2) is 12.7 Å². The van der Waals surface area contributed by atoms with Crippen LogP contribution in [-0.4, -0.2) is 50.1 Å². The van der Waals surface area contributed by atoms with Crippen molar-refractivity contribution in [2.75, 3.05) is 32.4 Å². The van der Waals surface area contributed by atoms with Crippen LogP contribution in [0.2, 0.25) is 0 Å². The van der Waals surface area contributed by atoms with Crippen molar-refractivity contribution in [3.05, 3.63) is 30.1 Å². The molecule has 0 spiro atoms. The second-order valence-electron chi connectivity index (χ2n) is 5.40. The van der Waals surface area contributed by atoms with Gasteiger partial charge in [-0.3, -0.25) is 4.98 Å². The van der Waals surface area contributed by atoms with E-state index in [0.29, 0.717) is 12.5 Å². The molecule has 0 radical (unpaired) electrons. The van der Waals surface area contributed by atoms with Crippen LogP contribution in [0.5, 0.6) is 0 Å². The van der Waals surface area contributed by atoms with Crippen molar-refractivity contribution < 1.29 is 8.42 Å². The Morgan fingerprint density at radius 1 is 1.30 bits per heavy atom. The molecule has 2 rings (SSSR count). The van der Waals surface area contributed by atoms with Crippen LogP contribution in [0.25, 0.3) is 0 Å². The minimum Gasteiger partial charge on any atom is -0.317 e. The summed E-state index contributed by atoms with van der Waals surface area (Å²) in [5, 5.41) is 3.26. The third kappa shape index (κ3) is 4.54. The molecule has 0 saturated carbocycles. The molecule has 5 nitrogen and oxygen atoms in total. The van der Waals surface area contributed by atoms with Crippen LogP contribution in [0.15, 0.2) is 24.5 Å². The van der Waals surface area contributed by atoms with Gasteiger partial charge in [-0.05, 0) is 56.0 Å². The van der Waals surface area contributed by atoms with Gasteiger partial charge in [0.2, 0.25) is 10.0 Å².